The Morgan fingerprint density at radius 2 is 2.06 bits per heavy atom. The fourth-order valence-electron chi connectivity index (χ4n) is 1.70. The fourth-order valence-corrected chi connectivity index (χ4v) is 1.70. The van der Waals surface area contributed by atoms with Crippen LogP contribution < -0.4 is 11.1 Å². The summed E-state index contributed by atoms with van der Waals surface area (Å²) in [5.74, 6) is -0.439. The Labute approximate surface area is 102 Å². The predicted octanol–water partition coefficient (Wildman–Crippen LogP) is 2.02. The van der Waals surface area contributed by atoms with E-state index < -0.39 is 5.97 Å². The van der Waals surface area contributed by atoms with Gasteiger partial charge >= 0.3 is 5.97 Å². The molecule has 17 heavy (non-hydrogen) atoms. The lowest BCUT2D eigenvalue weighted by Gasteiger charge is -2.16. The molecule has 0 aliphatic rings. The van der Waals surface area contributed by atoms with Crippen LogP contribution >= 0.6 is 0 Å². The highest BCUT2D eigenvalue weighted by Gasteiger charge is 2.09. The molecule has 1 rings (SSSR count). The van der Waals surface area contributed by atoms with Gasteiger partial charge in [0.15, 0.2) is 0 Å². The average molecular weight is 236 g/mol. The zero-order valence-electron chi connectivity index (χ0n) is 10.3. The van der Waals surface area contributed by atoms with Gasteiger partial charge in [0, 0.05) is 18.3 Å². The van der Waals surface area contributed by atoms with Gasteiger partial charge in [-0.1, -0.05) is 32.0 Å². The smallest absolute Gasteiger partial charge is 0.304 e. The first-order valence-corrected chi connectivity index (χ1v) is 5.81. The second-order valence-electron chi connectivity index (χ2n) is 4.48. The molecule has 0 aromatic heterocycles. The summed E-state index contributed by atoms with van der Waals surface area (Å²) in [7, 11) is 0. The summed E-state index contributed by atoms with van der Waals surface area (Å²) in [6, 6.07) is 7.64. The van der Waals surface area contributed by atoms with Crippen molar-refractivity contribution in [1.29, 1.82) is 0 Å². The highest BCUT2D eigenvalue weighted by atomic mass is 16.4. The van der Waals surface area contributed by atoms with Gasteiger partial charge in [0.1, 0.15) is 0 Å². The monoisotopic (exact) mass is 236 g/mol. The number of nitrogens with two attached hydrogens (primary N) is 1. The molecule has 0 aliphatic heterocycles. The van der Waals surface area contributed by atoms with E-state index in [1.807, 2.05) is 18.2 Å². The third-order valence-corrected chi connectivity index (χ3v) is 2.57. The number of carboxylic acid groups (broad SMARTS) is 1. The first-order chi connectivity index (χ1) is 8.00. The number of hydrogen-bond acceptors (Lipinski definition) is 3. The Hall–Kier alpha value is -1.55. The Balaban J connectivity index is 2.60. The van der Waals surface area contributed by atoms with Crippen LogP contribution in [0.2, 0.25) is 0 Å². The van der Waals surface area contributed by atoms with Crippen LogP contribution in [0.4, 0.5) is 5.69 Å². The van der Waals surface area contributed by atoms with Crippen LogP contribution in [0.1, 0.15) is 31.7 Å². The zero-order chi connectivity index (χ0) is 12.8. The van der Waals surface area contributed by atoms with Crippen molar-refractivity contribution >= 4 is 11.7 Å². The van der Waals surface area contributed by atoms with Crippen molar-refractivity contribution in [2.45, 2.75) is 32.2 Å². The minimum Gasteiger partial charge on any atom is -0.481 e. The molecule has 1 atom stereocenters. The standard InChI is InChI=1S/C13H20N2O2/c1-9(2)11-5-3-4-6-12(11)15-8-10(14)7-13(16)17/h3-6,9-10,15H,7-8,14H2,1-2H3,(H,16,17). The van der Waals surface area contributed by atoms with E-state index >= 15 is 0 Å². The molecule has 0 fully saturated rings. The van der Waals surface area contributed by atoms with Gasteiger partial charge in [-0.2, -0.15) is 0 Å². The normalized spacial score (nSPS) is 12.5. The van der Waals surface area contributed by atoms with E-state index in [4.69, 9.17) is 10.8 Å². The minimum absolute atomic E-state index is 0.0170. The maximum atomic E-state index is 10.5. The summed E-state index contributed by atoms with van der Waals surface area (Å²) in [6.07, 6.45) is -0.0170. The molecular formula is C13H20N2O2. The van der Waals surface area contributed by atoms with Crippen LogP contribution in [0.15, 0.2) is 24.3 Å². The Bertz CT molecular complexity index is 377. The van der Waals surface area contributed by atoms with Gasteiger partial charge in [-0.25, -0.2) is 0 Å². The molecule has 1 unspecified atom stereocenters. The van der Waals surface area contributed by atoms with E-state index in [0.29, 0.717) is 12.5 Å². The molecule has 94 valence electrons. The number of carbonyl (C=O) groups is 1. The second-order valence-corrected chi connectivity index (χ2v) is 4.48. The third-order valence-electron chi connectivity index (χ3n) is 2.57. The fraction of sp³-hybridized carbons (Fsp3) is 0.462. The van der Waals surface area contributed by atoms with Crippen molar-refractivity contribution in [3.05, 3.63) is 29.8 Å². The molecule has 4 N–H and O–H groups in total. The summed E-state index contributed by atoms with van der Waals surface area (Å²) < 4.78 is 0. The lowest BCUT2D eigenvalue weighted by molar-refractivity contribution is -0.137. The average Bonchev–Trinajstić information content (AvgIpc) is 2.25. The zero-order valence-corrected chi connectivity index (χ0v) is 10.3. The molecule has 0 radical (unpaired) electrons. The van der Waals surface area contributed by atoms with Crippen molar-refractivity contribution in [3.63, 3.8) is 0 Å². The molecule has 0 saturated carbocycles. The maximum Gasteiger partial charge on any atom is 0.304 e. The minimum atomic E-state index is -0.864. The summed E-state index contributed by atoms with van der Waals surface area (Å²) >= 11 is 0. The SMILES string of the molecule is CC(C)c1ccccc1NCC(N)CC(=O)O. The summed E-state index contributed by atoms with van der Waals surface area (Å²) in [6.45, 7) is 4.71. The van der Waals surface area contributed by atoms with Crippen molar-refractivity contribution in [2.24, 2.45) is 5.73 Å². The molecule has 0 amide bonds. The Kier molecular flexibility index (Phi) is 4.97. The largest absolute Gasteiger partial charge is 0.481 e. The van der Waals surface area contributed by atoms with Gasteiger partial charge in [-0.15, -0.1) is 0 Å². The molecule has 1 aromatic rings. The topological polar surface area (TPSA) is 75.3 Å². The third kappa shape index (κ3) is 4.44. The van der Waals surface area contributed by atoms with Gasteiger partial charge in [-0.05, 0) is 17.5 Å². The molecule has 0 saturated heterocycles. The lowest BCUT2D eigenvalue weighted by atomic mass is 10.0. The first kappa shape index (κ1) is 13.5. The maximum absolute atomic E-state index is 10.5. The van der Waals surface area contributed by atoms with E-state index in [2.05, 4.69) is 25.2 Å². The van der Waals surface area contributed by atoms with E-state index in [1.54, 1.807) is 0 Å². The second kappa shape index (κ2) is 6.25. The van der Waals surface area contributed by atoms with Crippen LogP contribution in [0, 0.1) is 0 Å². The van der Waals surface area contributed by atoms with Crippen molar-refractivity contribution < 1.29 is 9.90 Å². The number of rotatable bonds is 6. The number of anilines is 1. The lowest BCUT2D eigenvalue weighted by Crippen LogP contribution is -2.31. The number of benzene rings is 1. The summed E-state index contributed by atoms with van der Waals surface area (Å²) in [5, 5.41) is 11.8. The molecule has 4 nitrogen and oxygen atoms in total. The number of hydrogen-bond donors (Lipinski definition) is 3. The van der Waals surface area contributed by atoms with Gasteiger partial charge in [0.2, 0.25) is 0 Å². The quantitative estimate of drug-likeness (QED) is 0.706. The molecular weight excluding hydrogens is 216 g/mol. The van der Waals surface area contributed by atoms with Crippen molar-refractivity contribution in [1.82, 2.24) is 0 Å². The molecule has 0 aliphatic carbocycles. The summed E-state index contributed by atoms with van der Waals surface area (Å²) in [5.41, 5.74) is 7.95. The van der Waals surface area contributed by atoms with Crippen LogP contribution in [0.3, 0.4) is 0 Å². The Morgan fingerprint density at radius 3 is 2.65 bits per heavy atom. The number of aliphatic carboxylic acids is 1. The number of nitrogens with one attached hydrogen (secondary N) is 1. The van der Waals surface area contributed by atoms with Gasteiger partial charge in [-0.3, -0.25) is 4.79 Å². The highest BCUT2D eigenvalue weighted by Crippen LogP contribution is 2.23. The Morgan fingerprint density at radius 1 is 1.41 bits per heavy atom. The van der Waals surface area contributed by atoms with Gasteiger partial charge < -0.3 is 16.2 Å². The van der Waals surface area contributed by atoms with Gasteiger partial charge in [0.05, 0.1) is 6.42 Å². The van der Waals surface area contributed by atoms with Crippen molar-refractivity contribution in [3.8, 4) is 0 Å². The first-order valence-electron chi connectivity index (χ1n) is 5.81. The molecule has 4 heteroatoms. The molecule has 1 aromatic carbocycles. The van der Waals surface area contributed by atoms with Crippen molar-refractivity contribution in [2.75, 3.05) is 11.9 Å². The molecule has 0 bridgehead atoms. The van der Waals surface area contributed by atoms with Crippen LogP contribution in [-0.2, 0) is 4.79 Å². The van der Waals surface area contributed by atoms with E-state index in [9.17, 15) is 4.79 Å². The summed E-state index contributed by atoms with van der Waals surface area (Å²) in [4.78, 5) is 10.5. The van der Waals surface area contributed by atoms with E-state index in [0.717, 1.165) is 5.69 Å². The van der Waals surface area contributed by atoms with E-state index in [1.165, 1.54) is 5.56 Å². The number of carboxylic acids is 1. The molecule has 0 spiro atoms. The van der Waals surface area contributed by atoms with Crippen LogP contribution in [-0.4, -0.2) is 23.7 Å². The highest BCUT2D eigenvalue weighted by molar-refractivity contribution is 5.67. The molecule has 0 heterocycles. The number of para-hydroxylation sites is 1. The van der Waals surface area contributed by atoms with E-state index in [-0.39, 0.29) is 12.5 Å². The van der Waals surface area contributed by atoms with Gasteiger partial charge in [0.25, 0.3) is 0 Å². The predicted molar refractivity (Wildman–Crippen MR) is 69.2 cm³/mol. The van der Waals surface area contributed by atoms with Crippen LogP contribution in [0.5, 0.6) is 0 Å². The van der Waals surface area contributed by atoms with Crippen LogP contribution in [0.25, 0.3) is 0 Å².